The highest BCUT2D eigenvalue weighted by Crippen LogP contribution is 2.27. The molecule has 118 valence electrons. The Bertz CT molecular complexity index is 551. The first-order chi connectivity index (χ1) is 10.6. The maximum absolute atomic E-state index is 12.5. The fourth-order valence-electron chi connectivity index (χ4n) is 2.75. The maximum atomic E-state index is 12.5. The van der Waals surface area contributed by atoms with E-state index >= 15 is 0 Å². The lowest BCUT2D eigenvalue weighted by molar-refractivity contribution is -0.129. The number of carbonyl (C=O) groups excluding carboxylic acids is 2. The standard InChI is InChI=1S/C18H24N2O2/c1-2-3-12-20-16(14-8-5-4-6-9-14)13-15(18(19)22)10-7-11-17(20)21/h4-6,8-9,13,15H,2-3,7,10-12H2,1H3,(H2,19,22)/b16-13-. The Morgan fingerprint density at radius 2 is 2.05 bits per heavy atom. The summed E-state index contributed by atoms with van der Waals surface area (Å²) in [7, 11) is 0. The van der Waals surface area contributed by atoms with E-state index in [1.54, 1.807) is 0 Å². The Kier molecular flexibility index (Phi) is 5.75. The number of benzene rings is 1. The molecular weight excluding hydrogens is 276 g/mol. The molecule has 0 aromatic heterocycles. The van der Waals surface area contributed by atoms with Crippen molar-refractivity contribution in [1.29, 1.82) is 0 Å². The van der Waals surface area contributed by atoms with E-state index in [2.05, 4.69) is 6.92 Å². The molecule has 2 amide bonds. The largest absolute Gasteiger partial charge is 0.369 e. The lowest BCUT2D eigenvalue weighted by Crippen LogP contribution is -2.33. The zero-order chi connectivity index (χ0) is 15.9. The highest BCUT2D eigenvalue weighted by molar-refractivity contribution is 5.89. The normalized spacial score (nSPS) is 21.7. The molecule has 0 spiro atoms. The molecule has 4 nitrogen and oxygen atoms in total. The van der Waals surface area contributed by atoms with Crippen molar-refractivity contribution < 1.29 is 9.59 Å². The molecule has 0 saturated carbocycles. The third kappa shape index (κ3) is 3.97. The molecule has 22 heavy (non-hydrogen) atoms. The third-order valence-electron chi connectivity index (χ3n) is 4.03. The van der Waals surface area contributed by atoms with Gasteiger partial charge >= 0.3 is 0 Å². The number of nitrogens with two attached hydrogens (primary N) is 1. The van der Waals surface area contributed by atoms with Gasteiger partial charge < -0.3 is 10.6 Å². The van der Waals surface area contributed by atoms with E-state index in [1.807, 2.05) is 41.3 Å². The Labute approximate surface area is 132 Å². The number of amides is 2. The van der Waals surface area contributed by atoms with Crippen molar-refractivity contribution >= 4 is 17.5 Å². The minimum atomic E-state index is -0.321. The van der Waals surface area contributed by atoms with Crippen LogP contribution in [0.4, 0.5) is 0 Å². The van der Waals surface area contributed by atoms with E-state index < -0.39 is 0 Å². The van der Waals surface area contributed by atoms with Crippen LogP contribution >= 0.6 is 0 Å². The van der Waals surface area contributed by atoms with Crippen LogP contribution in [0.3, 0.4) is 0 Å². The van der Waals surface area contributed by atoms with Crippen LogP contribution < -0.4 is 5.73 Å². The lowest BCUT2D eigenvalue weighted by atomic mass is 9.95. The Morgan fingerprint density at radius 3 is 2.68 bits per heavy atom. The molecule has 1 aromatic carbocycles. The number of hydrogen-bond donors (Lipinski definition) is 1. The molecule has 1 aliphatic rings. The molecule has 1 aromatic rings. The van der Waals surface area contributed by atoms with Crippen molar-refractivity contribution in [2.24, 2.45) is 11.7 Å². The lowest BCUT2D eigenvalue weighted by Gasteiger charge is -2.29. The Morgan fingerprint density at radius 1 is 1.32 bits per heavy atom. The molecule has 1 atom stereocenters. The van der Waals surface area contributed by atoms with Crippen LogP contribution in [0.25, 0.3) is 5.70 Å². The Hall–Kier alpha value is -2.10. The maximum Gasteiger partial charge on any atom is 0.226 e. The molecule has 1 unspecified atom stereocenters. The topological polar surface area (TPSA) is 63.4 Å². The van der Waals surface area contributed by atoms with Crippen molar-refractivity contribution in [3.8, 4) is 0 Å². The summed E-state index contributed by atoms with van der Waals surface area (Å²) >= 11 is 0. The van der Waals surface area contributed by atoms with Crippen LogP contribution in [0.1, 0.15) is 44.6 Å². The van der Waals surface area contributed by atoms with Gasteiger partial charge in [0.05, 0.1) is 5.92 Å². The van der Waals surface area contributed by atoms with Crippen molar-refractivity contribution in [3.63, 3.8) is 0 Å². The minimum absolute atomic E-state index is 0.131. The summed E-state index contributed by atoms with van der Waals surface area (Å²) in [5.41, 5.74) is 7.30. The van der Waals surface area contributed by atoms with Crippen LogP contribution in [0, 0.1) is 5.92 Å². The molecular formula is C18H24N2O2. The third-order valence-corrected chi connectivity index (χ3v) is 4.03. The van der Waals surface area contributed by atoms with Crippen LogP contribution in [0.5, 0.6) is 0 Å². The average molecular weight is 300 g/mol. The fourth-order valence-corrected chi connectivity index (χ4v) is 2.75. The van der Waals surface area contributed by atoms with Crippen LogP contribution in [0.15, 0.2) is 36.4 Å². The van der Waals surface area contributed by atoms with E-state index in [9.17, 15) is 9.59 Å². The predicted molar refractivity (Wildman–Crippen MR) is 87.6 cm³/mol. The van der Waals surface area contributed by atoms with Crippen molar-refractivity contribution in [1.82, 2.24) is 4.90 Å². The SMILES string of the molecule is CCCCN1C(=O)CCCC(C(N)=O)/C=C\1c1ccccc1. The van der Waals surface area contributed by atoms with Crippen molar-refractivity contribution in [2.45, 2.75) is 39.0 Å². The first-order valence-corrected chi connectivity index (χ1v) is 8.00. The number of carbonyl (C=O) groups is 2. The summed E-state index contributed by atoms with van der Waals surface area (Å²) in [6, 6.07) is 9.76. The van der Waals surface area contributed by atoms with Gasteiger partial charge in [-0.2, -0.15) is 0 Å². The second kappa shape index (κ2) is 7.78. The molecule has 4 heteroatoms. The van der Waals surface area contributed by atoms with Crippen molar-refractivity contribution in [2.75, 3.05) is 6.54 Å². The number of nitrogens with zero attached hydrogens (tertiary/aromatic N) is 1. The summed E-state index contributed by atoms with van der Waals surface area (Å²) in [5, 5.41) is 0. The molecule has 0 radical (unpaired) electrons. The molecule has 0 fully saturated rings. The summed E-state index contributed by atoms with van der Waals surface area (Å²) in [6.45, 7) is 2.79. The van der Waals surface area contributed by atoms with E-state index in [4.69, 9.17) is 5.73 Å². The molecule has 0 aliphatic carbocycles. The number of unbranched alkanes of at least 4 members (excludes halogenated alkanes) is 1. The summed E-state index contributed by atoms with van der Waals surface area (Å²) < 4.78 is 0. The van der Waals surface area contributed by atoms with Crippen LogP contribution in [-0.4, -0.2) is 23.3 Å². The summed E-state index contributed by atoms with van der Waals surface area (Å²) in [5.74, 6) is -0.503. The second-order valence-electron chi connectivity index (χ2n) is 5.72. The van der Waals surface area contributed by atoms with Crippen molar-refractivity contribution in [3.05, 3.63) is 42.0 Å². The first kappa shape index (κ1) is 16.3. The molecule has 2 rings (SSSR count). The Balaban J connectivity index is 2.44. The van der Waals surface area contributed by atoms with Crippen LogP contribution in [-0.2, 0) is 9.59 Å². The van der Waals surface area contributed by atoms with Gasteiger partial charge in [0.15, 0.2) is 0 Å². The number of primary amides is 1. The molecule has 0 saturated heterocycles. The van der Waals surface area contributed by atoms with Gasteiger partial charge in [0.25, 0.3) is 0 Å². The van der Waals surface area contributed by atoms with Gasteiger partial charge in [-0.25, -0.2) is 0 Å². The van der Waals surface area contributed by atoms with Crippen LogP contribution in [0.2, 0.25) is 0 Å². The first-order valence-electron chi connectivity index (χ1n) is 8.00. The molecule has 1 aliphatic heterocycles. The average Bonchev–Trinajstić information content (AvgIpc) is 2.51. The van der Waals surface area contributed by atoms with E-state index in [0.717, 1.165) is 24.1 Å². The van der Waals surface area contributed by atoms with Gasteiger partial charge in [0.2, 0.25) is 11.8 Å². The summed E-state index contributed by atoms with van der Waals surface area (Å²) in [6.07, 6.45) is 5.65. The highest BCUT2D eigenvalue weighted by atomic mass is 16.2. The van der Waals surface area contributed by atoms with Gasteiger partial charge in [0.1, 0.15) is 0 Å². The molecule has 1 heterocycles. The highest BCUT2D eigenvalue weighted by Gasteiger charge is 2.25. The smallest absolute Gasteiger partial charge is 0.226 e. The quantitative estimate of drug-likeness (QED) is 0.908. The van der Waals surface area contributed by atoms with Gasteiger partial charge in [-0.1, -0.05) is 43.7 Å². The van der Waals surface area contributed by atoms with E-state index in [1.165, 1.54) is 0 Å². The predicted octanol–water partition coefficient (Wildman–Crippen LogP) is 2.94. The van der Waals surface area contributed by atoms with E-state index in [0.29, 0.717) is 25.8 Å². The molecule has 2 N–H and O–H groups in total. The zero-order valence-electron chi connectivity index (χ0n) is 13.1. The van der Waals surface area contributed by atoms with Gasteiger partial charge in [-0.05, 0) is 30.9 Å². The number of hydrogen-bond acceptors (Lipinski definition) is 2. The molecule has 0 bridgehead atoms. The minimum Gasteiger partial charge on any atom is -0.369 e. The monoisotopic (exact) mass is 300 g/mol. The fraction of sp³-hybridized carbons (Fsp3) is 0.444. The second-order valence-corrected chi connectivity index (χ2v) is 5.72. The van der Waals surface area contributed by atoms with Gasteiger partial charge in [-0.3, -0.25) is 9.59 Å². The summed E-state index contributed by atoms with van der Waals surface area (Å²) in [4.78, 5) is 26.0. The van der Waals surface area contributed by atoms with Gasteiger partial charge in [0, 0.05) is 18.7 Å². The number of rotatable bonds is 5. The van der Waals surface area contributed by atoms with E-state index in [-0.39, 0.29) is 17.7 Å². The zero-order valence-corrected chi connectivity index (χ0v) is 13.1. The van der Waals surface area contributed by atoms with Gasteiger partial charge in [-0.15, -0.1) is 0 Å².